The molecule has 0 fully saturated rings. The Bertz CT molecular complexity index is 773. The Kier molecular flexibility index (Phi) is 6.23. The van der Waals surface area contributed by atoms with Gasteiger partial charge in [-0.25, -0.2) is 5.43 Å². The van der Waals surface area contributed by atoms with Crippen LogP contribution in [0, 0.1) is 13.8 Å². The highest BCUT2D eigenvalue weighted by molar-refractivity contribution is 9.10. The standard InChI is InChI=1S/C17H16BrClN2O3/c1-10-4-3-5-11(2)17(10)24-9-15(22)21-20-8-12-6-13(18)7-14(19)16(12)23/h3-8,23H,9H2,1-2H3,(H,21,22)/b20-8-. The van der Waals surface area contributed by atoms with Gasteiger partial charge in [-0.05, 0) is 37.1 Å². The Morgan fingerprint density at radius 3 is 2.71 bits per heavy atom. The molecule has 0 saturated heterocycles. The average Bonchev–Trinajstić information content (AvgIpc) is 2.51. The number of nitrogens with zero attached hydrogens (tertiary/aromatic N) is 1. The summed E-state index contributed by atoms with van der Waals surface area (Å²) in [7, 11) is 0. The molecule has 2 aromatic carbocycles. The maximum absolute atomic E-state index is 11.8. The highest BCUT2D eigenvalue weighted by Gasteiger charge is 2.08. The van der Waals surface area contributed by atoms with E-state index in [1.54, 1.807) is 12.1 Å². The topological polar surface area (TPSA) is 70.9 Å². The van der Waals surface area contributed by atoms with Gasteiger partial charge in [0, 0.05) is 10.0 Å². The predicted octanol–water partition coefficient (Wildman–Crippen LogP) is 3.95. The maximum atomic E-state index is 11.8. The van der Waals surface area contributed by atoms with Crippen molar-refractivity contribution in [2.24, 2.45) is 5.10 Å². The van der Waals surface area contributed by atoms with E-state index in [0.717, 1.165) is 11.1 Å². The van der Waals surface area contributed by atoms with Crippen LogP contribution in [0.2, 0.25) is 5.02 Å². The fourth-order valence-electron chi connectivity index (χ4n) is 2.05. The van der Waals surface area contributed by atoms with Gasteiger partial charge in [-0.1, -0.05) is 45.7 Å². The van der Waals surface area contributed by atoms with Crippen molar-refractivity contribution in [3.05, 3.63) is 56.5 Å². The van der Waals surface area contributed by atoms with Gasteiger partial charge in [0.05, 0.1) is 11.2 Å². The van der Waals surface area contributed by atoms with Gasteiger partial charge in [0.1, 0.15) is 11.5 Å². The second-order valence-electron chi connectivity index (χ2n) is 5.13. The van der Waals surface area contributed by atoms with Gasteiger partial charge in [0.25, 0.3) is 5.91 Å². The zero-order valence-corrected chi connectivity index (χ0v) is 15.5. The van der Waals surface area contributed by atoms with Crippen molar-refractivity contribution in [2.45, 2.75) is 13.8 Å². The van der Waals surface area contributed by atoms with Crippen molar-refractivity contribution in [3.63, 3.8) is 0 Å². The van der Waals surface area contributed by atoms with Gasteiger partial charge in [-0.2, -0.15) is 5.10 Å². The minimum Gasteiger partial charge on any atom is -0.506 e. The number of carbonyl (C=O) groups is 1. The number of phenolic OH excluding ortho intramolecular Hbond substituents is 1. The number of para-hydroxylation sites is 1. The molecule has 0 bridgehead atoms. The van der Waals surface area contributed by atoms with Crippen LogP contribution in [0.15, 0.2) is 39.9 Å². The van der Waals surface area contributed by atoms with Crippen molar-refractivity contribution in [2.75, 3.05) is 6.61 Å². The summed E-state index contributed by atoms with van der Waals surface area (Å²) < 4.78 is 6.22. The van der Waals surface area contributed by atoms with E-state index in [0.29, 0.717) is 15.8 Å². The molecule has 2 rings (SSSR count). The molecule has 5 nitrogen and oxygen atoms in total. The van der Waals surface area contributed by atoms with Crippen molar-refractivity contribution in [1.82, 2.24) is 5.43 Å². The van der Waals surface area contributed by atoms with E-state index in [-0.39, 0.29) is 17.4 Å². The van der Waals surface area contributed by atoms with E-state index in [4.69, 9.17) is 16.3 Å². The van der Waals surface area contributed by atoms with Gasteiger partial charge in [-0.3, -0.25) is 4.79 Å². The molecule has 24 heavy (non-hydrogen) atoms. The molecular formula is C17H16BrClN2O3. The molecule has 0 unspecified atom stereocenters. The van der Waals surface area contributed by atoms with Gasteiger partial charge in [0.2, 0.25) is 0 Å². The molecule has 2 aromatic rings. The van der Waals surface area contributed by atoms with E-state index < -0.39 is 5.91 Å². The van der Waals surface area contributed by atoms with Crippen LogP contribution in [0.3, 0.4) is 0 Å². The largest absolute Gasteiger partial charge is 0.506 e. The van der Waals surface area contributed by atoms with Crippen LogP contribution in [-0.4, -0.2) is 23.8 Å². The Morgan fingerprint density at radius 1 is 1.38 bits per heavy atom. The number of hydrazone groups is 1. The van der Waals surface area contributed by atoms with Crippen molar-refractivity contribution < 1.29 is 14.6 Å². The monoisotopic (exact) mass is 410 g/mol. The molecule has 2 N–H and O–H groups in total. The molecule has 0 aliphatic heterocycles. The first-order chi connectivity index (χ1) is 11.4. The predicted molar refractivity (Wildman–Crippen MR) is 98.0 cm³/mol. The molecule has 7 heteroatoms. The van der Waals surface area contributed by atoms with Crippen molar-refractivity contribution in [1.29, 1.82) is 0 Å². The summed E-state index contributed by atoms with van der Waals surface area (Å²) in [5.41, 5.74) is 4.64. The first kappa shape index (κ1) is 18.3. The summed E-state index contributed by atoms with van der Waals surface area (Å²) in [6.45, 7) is 3.67. The van der Waals surface area contributed by atoms with Crippen LogP contribution in [0.1, 0.15) is 16.7 Å². The summed E-state index contributed by atoms with van der Waals surface area (Å²) in [5.74, 6) is 0.173. The summed E-state index contributed by atoms with van der Waals surface area (Å²) in [5, 5.41) is 13.8. The fourth-order valence-corrected chi connectivity index (χ4v) is 2.89. The Morgan fingerprint density at radius 2 is 2.04 bits per heavy atom. The molecule has 0 aliphatic rings. The molecule has 0 saturated carbocycles. The van der Waals surface area contributed by atoms with Crippen molar-refractivity contribution in [3.8, 4) is 11.5 Å². The number of nitrogens with one attached hydrogen (secondary N) is 1. The summed E-state index contributed by atoms with van der Waals surface area (Å²) in [4.78, 5) is 11.8. The molecule has 0 aromatic heterocycles. The Labute approximate surface area is 153 Å². The zero-order chi connectivity index (χ0) is 17.7. The molecule has 1 amide bonds. The minimum absolute atomic E-state index is 0.107. The third-order valence-corrected chi connectivity index (χ3v) is 3.95. The number of aryl methyl sites for hydroxylation is 2. The average molecular weight is 412 g/mol. The lowest BCUT2D eigenvalue weighted by Crippen LogP contribution is -2.25. The first-order valence-electron chi connectivity index (χ1n) is 7.07. The molecule has 126 valence electrons. The van der Waals surface area contributed by atoms with E-state index in [9.17, 15) is 9.90 Å². The number of aromatic hydroxyl groups is 1. The molecule has 0 spiro atoms. The summed E-state index contributed by atoms with van der Waals surface area (Å²) >= 11 is 9.13. The lowest BCUT2D eigenvalue weighted by molar-refractivity contribution is -0.123. The van der Waals surface area contributed by atoms with Gasteiger partial charge < -0.3 is 9.84 Å². The number of hydrogen-bond donors (Lipinski definition) is 2. The van der Waals surface area contributed by atoms with E-state index in [1.807, 2.05) is 32.0 Å². The van der Waals surface area contributed by atoms with Gasteiger partial charge >= 0.3 is 0 Å². The molecule has 0 atom stereocenters. The number of amides is 1. The minimum atomic E-state index is -0.408. The quantitative estimate of drug-likeness (QED) is 0.578. The Hall–Kier alpha value is -2.05. The normalized spacial score (nSPS) is 10.8. The number of phenols is 1. The SMILES string of the molecule is Cc1cccc(C)c1OCC(=O)N/N=C\c1cc(Br)cc(Cl)c1O. The number of halogens is 2. The highest BCUT2D eigenvalue weighted by Crippen LogP contribution is 2.30. The number of rotatable bonds is 5. The van der Waals surface area contributed by atoms with Crippen LogP contribution in [0.4, 0.5) is 0 Å². The van der Waals surface area contributed by atoms with E-state index in [2.05, 4.69) is 26.5 Å². The lowest BCUT2D eigenvalue weighted by Gasteiger charge is -2.10. The molecule has 0 radical (unpaired) electrons. The number of ether oxygens (including phenoxy) is 1. The van der Waals surface area contributed by atoms with E-state index >= 15 is 0 Å². The summed E-state index contributed by atoms with van der Waals surface area (Å²) in [6, 6.07) is 8.95. The highest BCUT2D eigenvalue weighted by atomic mass is 79.9. The molecule has 0 heterocycles. The van der Waals surface area contributed by atoms with Crippen LogP contribution < -0.4 is 10.2 Å². The van der Waals surface area contributed by atoms with Crippen LogP contribution in [0.5, 0.6) is 11.5 Å². The Balaban J connectivity index is 1.94. The maximum Gasteiger partial charge on any atom is 0.277 e. The van der Waals surface area contributed by atoms with Gasteiger partial charge in [-0.15, -0.1) is 0 Å². The first-order valence-corrected chi connectivity index (χ1v) is 8.24. The smallest absolute Gasteiger partial charge is 0.277 e. The van der Waals surface area contributed by atoms with Crippen LogP contribution in [0.25, 0.3) is 0 Å². The van der Waals surface area contributed by atoms with Crippen LogP contribution >= 0.6 is 27.5 Å². The third-order valence-electron chi connectivity index (χ3n) is 3.21. The summed E-state index contributed by atoms with van der Waals surface area (Å²) in [6.07, 6.45) is 1.31. The van der Waals surface area contributed by atoms with E-state index in [1.165, 1.54) is 6.21 Å². The number of hydrogen-bond acceptors (Lipinski definition) is 4. The lowest BCUT2D eigenvalue weighted by atomic mass is 10.1. The second kappa shape index (κ2) is 8.17. The van der Waals surface area contributed by atoms with Crippen molar-refractivity contribution >= 4 is 39.7 Å². The third kappa shape index (κ3) is 4.72. The second-order valence-corrected chi connectivity index (χ2v) is 6.45. The van der Waals surface area contributed by atoms with Crippen LogP contribution in [-0.2, 0) is 4.79 Å². The zero-order valence-electron chi connectivity index (χ0n) is 13.1. The molecule has 0 aliphatic carbocycles. The van der Waals surface area contributed by atoms with Gasteiger partial charge in [0.15, 0.2) is 6.61 Å². The fraction of sp³-hybridized carbons (Fsp3) is 0.176. The number of carbonyl (C=O) groups excluding carboxylic acids is 1. The molecular weight excluding hydrogens is 396 g/mol. The number of benzene rings is 2.